The Labute approximate surface area is 159 Å². The number of benzene rings is 1. The lowest BCUT2D eigenvalue weighted by Gasteiger charge is -2.19. The van der Waals surface area contributed by atoms with E-state index in [-0.39, 0.29) is 18.0 Å². The Bertz CT molecular complexity index is 959. The number of allylic oxidation sites excluding steroid dienone is 1. The van der Waals surface area contributed by atoms with Gasteiger partial charge in [-0.2, -0.15) is 0 Å². The number of thioether (sulfide) groups is 1. The molecule has 0 radical (unpaired) electrons. The van der Waals surface area contributed by atoms with Crippen molar-refractivity contribution in [2.24, 2.45) is 0 Å². The normalized spacial score (nSPS) is 15.2. The number of carbonyl (C=O) groups excluding carboxylic acids is 2. The zero-order valence-corrected chi connectivity index (χ0v) is 15.6. The van der Waals surface area contributed by atoms with Crippen LogP contribution in [0.5, 0.6) is 0 Å². The van der Waals surface area contributed by atoms with Gasteiger partial charge in [-0.25, -0.2) is 9.78 Å². The third-order valence-corrected chi connectivity index (χ3v) is 5.26. The molecule has 1 N–H and O–H groups in total. The molecule has 3 rings (SSSR count). The fraction of sp³-hybridized carbons (Fsp3) is 0.294. The second-order valence-corrected chi connectivity index (χ2v) is 7.49. The minimum atomic E-state index is -0.585. The van der Waals surface area contributed by atoms with Crippen LogP contribution in [0.25, 0.3) is 10.9 Å². The van der Waals surface area contributed by atoms with Crippen LogP contribution >= 0.6 is 23.4 Å². The van der Waals surface area contributed by atoms with Crippen LogP contribution in [-0.2, 0) is 11.3 Å². The molecule has 9 heteroatoms. The summed E-state index contributed by atoms with van der Waals surface area (Å²) in [5.41, 5.74) is 0.233. The number of amides is 3. The number of halogens is 1. The number of imide groups is 1. The van der Waals surface area contributed by atoms with Crippen LogP contribution in [-0.4, -0.2) is 44.7 Å². The molecule has 1 aliphatic rings. The van der Waals surface area contributed by atoms with Crippen molar-refractivity contribution < 1.29 is 9.59 Å². The lowest BCUT2D eigenvalue weighted by molar-refractivity contribution is -0.126. The highest BCUT2D eigenvalue weighted by Crippen LogP contribution is 2.25. The monoisotopic (exact) mass is 392 g/mol. The summed E-state index contributed by atoms with van der Waals surface area (Å²) in [6, 6.07) is 4.48. The van der Waals surface area contributed by atoms with Crippen LogP contribution in [0.1, 0.15) is 6.92 Å². The van der Waals surface area contributed by atoms with Gasteiger partial charge in [-0.1, -0.05) is 29.4 Å². The SMILES string of the molecule is C=CCn1c(SC(C)C(=O)N2CCNC2=O)nc2cc(Cl)ccc2c1=O. The maximum absolute atomic E-state index is 12.8. The van der Waals surface area contributed by atoms with E-state index in [1.807, 2.05) is 0 Å². The molecule has 0 bridgehead atoms. The number of rotatable bonds is 5. The molecule has 1 saturated heterocycles. The molecule has 7 nitrogen and oxygen atoms in total. The molecule has 1 aromatic carbocycles. The summed E-state index contributed by atoms with van der Waals surface area (Å²) in [5, 5.41) is 3.31. The van der Waals surface area contributed by atoms with Gasteiger partial charge in [0, 0.05) is 24.7 Å². The van der Waals surface area contributed by atoms with Gasteiger partial charge in [-0.05, 0) is 25.1 Å². The quantitative estimate of drug-likeness (QED) is 0.479. The fourth-order valence-corrected chi connectivity index (χ4v) is 3.81. The van der Waals surface area contributed by atoms with Crippen molar-refractivity contribution in [3.8, 4) is 0 Å². The van der Waals surface area contributed by atoms with Crippen LogP contribution in [0, 0.1) is 0 Å². The molecule has 1 aromatic heterocycles. The number of nitrogens with one attached hydrogen (secondary N) is 1. The van der Waals surface area contributed by atoms with Crippen molar-refractivity contribution in [2.45, 2.75) is 23.9 Å². The van der Waals surface area contributed by atoms with Gasteiger partial charge in [-0.3, -0.25) is 19.1 Å². The first-order valence-electron chi connectivity index (χ1n) is 7.99. The van der Waals surface area contributed by atoms with Gasteiger partial charge in [0.1, 0.15) is 0 Å². The summed E-state index contributed by atoms with van der Waals surface area (Å²) in [6.45, 7) is 6.40. The summed E-state index contributed by atoms with van der Waals surface area (Å²) >= 11 is 7.14. The average molecular weight is 393 g/mol. The third kappa shape index (κ3) is 3.47. The lowest BCUT2D eigenvalue weighted by Crippen LogP contribution is -2.39. The molecule has 1 aliphatic heterocycles. The van der Waals surface area contributed by atoms with Gasteiger partial charge in [0.2, 0.25) is 5.91 Å². The molecule has 1 unspecified atom stereocenters. The molecule has 0 aliphatic carbocycles. The third-order valence-electron chi connectivity index (χ3n) is 3.95. The van der Waals surface area contributed by atoms with Crippen LogP contribution in [0.4, 0.5) is 4.79 Å². The molecule has 1 atom stereocenters. The largest absolute Gasteiger partial charge is 0.336 e. The molecule has 0 saturated carbocycles. The zero-order chi connectivity index (χ0) is 18.8. The Morgan fingerprint density at radius 3 is 2.92 bits per heavy atom. The Morgan fingerprint density at radius 2 is 2.27 bits per heavy atom. The number of nitrogens with zero attached hydrogens (tertiary/aromatic N) is 3. The first-order valence-corrected chi connectivity index (χ1v) is 9.25. The van der Waals surface area contributed by atoms with E-state index < -0.39 is 11.3 Å². The van der Waals surface area contributed by atoms with Gasteiger partial charge < -0.3 is 5.32 Å². The number of hydrogen-bond donors (Lipinski definition) is 1. The second-order valence-electron chi connectivity index (χ2n) is 5.74. The molecule has 0 spiro atoms. The molecular formula is C17H17ClN4O3S. The predicted octanol–water partition coefficient (Wildman–Crippen LogP) is 2.27. The number of hydrogen-bond acceptors (Lipinski definition) is 5. The minimum Gasteiger partial charge on any atom is -0.336 e. The lowest BCUT2D eigenvalue weighted by atomic mass is 10.2. The molecule has 3 amide bonds. The van der Waals surface area contributed by atoms with Crippen molar-refractivity contribution >= 4 is 46.2 Å². The Kier molecular flexibility index (Phi) is 5.33. The van der Waals surface area contributed by atoms with E-state index in [1.165, 1.54) is 9.47 Å². The molecule has 136 valence electrons. The summed E-state index contributed by atoms with van der Waals surface area (Å²) in [7, 11) is 0. The fourth-order valence-electron chi connectivity index (χ4n) is 2.66. The number of aromatic nitrogens is 2. The van der Waals surface area contributed by atoms with Crippen LogP contribution in [0.3, 0.4) is 0 Å². The van der Waals surface area contributed by atoms with E-state index >= 15 is 0 Å². The van der Waals surface area contributed by atoms with E-state index in [0.717, 1.165) is 11.8 Å². The Hall–Kier alpha value is -2.32. The van der Waals surface area contributed by atoms with E-state index in [1.54, 1.807) is 31.2 Å². The van der Waals surface area contributed by atoms with Crippen molar-refractivity contribution in [1.29, 1.82) is 0 Å². The van der Waals surface area contributed by atoms with Crippen LogP contribution < -0.4 is 10.9 Å². The molecule has 26 heavy (non-hydrogen) atoms. The Balaban J connectivity index is 1.98. The predicted molar refractivity (Wildman–Crippen MR) is 102 cm³/mol. The number of urea groups is 1. The standard InChI is InChI=1S/C17H17ClN4O3S/c1-3-7-22-15(24)12-5-4-11(18)9-13(12)20-17(22)26-10(2)14(23)21-8-6-19-16(21)25/h3-5,9-10H,1,6-8H2,2H3,(H,19,25). The van der Waals surface area contributed by atoms with Crippen LogP contribution in [0.2, 0.25) is 5.02 Å². The van der Waals surface area contributed by atoms with E-state index in [9.17, 15) is 14.4 Å². The molecule has 2 aromatic rings. The zero-order valence-electron chi connectivity index (χ0n) is 14.1. The van der Waals surface area contributed by atoms with Crippen LogP contribution in [0.15, 0.2) is 40.8 Å². The summed E-state index contributed by atoms with van der Waals surface area (Å²) in [4.78, 5) is 42.7. The summed E-state index contributed by atoms with van der Waals surface area (Å²) in [6.07, 6.45) is 1.59. The van der Waals surface area contributed by atoms with Gasteiger partial charge in [0.15, 0.2) is 5.16 Å². The highest BCUT2D eigenvalue weighted by atomic mass is 35.5. The van der Waals surface area contributed by atoms with E-state index in [2.05, 4.69) is 16.9 Å². The van der Waals surface area contributed by atoms with E-state index in [0.29, 0.717) is 34.2 Å². The van der Waals surface area contributed by atoms with Gasteiger partial charge in [0.05, 0.1) is 16.2 Å². The first kappa shape index (κ1) is 18.5. The molecule has 2 heterocycles. The number of carbonyl (C=O) groups is 2. The number of fused-ring (bicyclic) bond motifs is 1. The highest BCUT2D eigenvalue weighted by Gasteiger charge is 2.31. The average Bonchev–Trinajstić information content (AvgIpc) is 3.03. The Morgan fingerprint density at radius 1 is 1.50 bits per heavy atom. The van der Waals surface area contributed by atoms with Gasteiger partial charge in [-0.15, -0.1) is 6.58 Å². The smallest absolute Gasteiger partial charge is 0.324 e. The molecular weight excluding hydrogens is 376 g/mol. The van der Waals surface area contributed by atoms with E-state index in [4.69, 9.17) is 11.6 Å². The van der Waals surface area contributed by atoms with Gasteiger partial charge in [0.25, 0.3) is 5.56 Å². The van der Waals surface area contributed by atoms with Gasteiger partial charge >= 0.3 is 6.03 Å². The molecule has 1 fully saturated rings. The summed E-state index contributed by atoms with van der Waals surface area (Å²) in [5.74, 6) is -0.324. The highest BCUT2D eigenvalue weighted by molar-refractivity contribution is 8.00. The van der Waals surface area contributed by atoms with Crippen molar-refractivity contribution in [3.05, 3.63) is 46.2 Å². The first-order chi connectivity index (χ1) is 12.4. The van der Waals surface area contributed by atoms with Crippen molar-refractivity contribution in [2.75, 3.05) is 13.1 Å². The maximum atomic E-state index is 12.8. The van der Waals surface area contributed by atoms with Crippen molar-refractivity contribution in [1.82, 2.24) is 19.8 Å². The van der Waals surface area contributed by atoms with Crippen molar-refractivity contribution in [3.63, 3.8) is 0 Å². The minimum absolute atomic E-state index is 0.229. The maximum Gasteiger partial charge on any atom is 0.324 e. The topological polar surface area (TPSA) is 84.3 Å². The summed E-state index contributed by atoms with van der Waals surface area (Å²) < 4.78 is 1.46. The second kappa shape index (κ2) is 7.51.